The standard InChI is InChI=1S/C11H14N4O2S2/c1-2-3-12-10(8-15(16)17)13-4-6-18-9-11-14-5-7-19-11/h1,5,7-8,12-13H,3-4,6,9H2/b10-8-. The van der Waals surface area contributed by atoms with Gasteiger partial charge in [-0.15, -0.1) is 17.8 Å². The Bertz CT molecular complexity index is 454. The second-order valence-electron chi connectivity index (χ2n) is 3.29. The van der Waals surface area contributed by atoms with E-state index in [2.05, 4.69) is 21.5 Å². The lowest BCUT2D eigenvalue weighted by Gasteiger charge is -2.08. The second kappa shape index (κ2) is 9.24. The zero-order valence-electron chi connectivity index (χ0n) is 10.2. The van der Waals surface area contributed by atoms with Crippen molar-refractivity contribution in [2.24, 2.45) is 0 Å². The van der Waals surface area contributed by atoms with Gasteiger partial charge >= 0.3 is 0 Å². The highest BCUT2D eigenvalue weighted by Crippen LogP contribution is 2.13. The first kappa shape index (κ1) is 15.3. The molecule has 1 heterocycles. The van der Waals surface area contributed by atoms with E-state index in [0.29, 0.717) is 12.4 Å². The van der Waals surface area contributed by atoms with E-state index in [1.165, 1.54) is 0 Å². The van der Waals surface area contributed by atoms with E-state index in [1.54, 1.807) is 29.3 Å². The Morgan fingerprint density at radius 2 is 2.53 bits per heavy atom. The largest absolute Gasteiger partial charge is 0.366 e. The monoisotopic (exact) mass is 298 g/mol. The highest BCUT2D eigenvalue weighted by atomic mass is 32.2. The molecule has 0 aliphatic carbocycles. The highest BCUT2D eigenvalue weighted by molar-refractivity contribution is 7.98. The molecule has 19 heavy (non-hydrogen) atoms. The summed E-state index contributed by atoms with van der Waals surface area (Å²) >= 11 is 3.34. The molecule has 0 aliphatic rings. The van der Waals surface area contributed by atoms with Crippen LogP contribution in [0.2, 0.25) is 0 Å². The lowest BCUT2D eigenvalue weighted by Crippen LogP contribution is -2.29. The van der Waals surface area contributed by atoms with Crippen LogP contribution in [0.4, 0.5) is 0 Å². The molecule has 0 aliphatic heterocycles. The van der Waals surface area contributed by atoms with Crippen LogP contribution in [0.25, 0.3) is 0 Å². The summed E-state index contributed by atoms with van der Waals surface area (Å²) in [7, 11) is 0. The molecule has 102 valence electrons. The third-order valence-corrected chi connectivity index (χ3v) is 3.82. The number of nitrogens with zero attached hydrogens (tertiary/aromatic N) is 2. The van der Waals surface area contributed by atoms with E-state index in [0.717, 1.165) is 22.7 Å². The van der Waals surface area contributed by atoms with Crippen molar-refractivity contribution in [3.63, 3.8) is 0 Å². The van der Waals surface area contributed by atoms with E-state index in [-0.39, 0.29) is 6.54 Å². The number of nitrogens with one attached hydrogen (secondary N) is 2. The highest BCUT2D eigenvalue weighted by Gasteiger charge is 2.01. The number of hydrogen-bond acceptors (Lipinski definition) is 7. The summed E-state index contributed by atoms with van der Waals surface area (Å²) in [5.41, 5.74) is 0. The molecule has 0 bridgehead atoms. The number of thioether (sulfide) groups is 1. The fourth-order valence-corrected chi connectivity index (χ4v) is 2.71. The molecule has 1 aromatic heterocycles. The molecule has 0 unspecified atom stereocenters. The zero-order chi connectivity index (χ0) is 13.9. The molecule has 1 rings (SSSR count). The van der Waals surface area contributed by atoms with Gasteiger partial charge in [0.25, 0.3) is 6.20 Å². The van der Waals surface area contributed by atoms with Gasteiger partial charge < -0.3 is 10.6 Å². The van der Waals surface area contributed by atoms with Crippen LogP contribution in [0.5, 0.6) is 0 Å². The summed E-state index contributed by atoms with van der Waals surface area (Å²) in [6, 6.07) is 0. The third kappa shape index (κ3) is 7.33. The molecule has 0 radical (unpaired) electrons. The molecule has 1 aromatic rings. The number of aromatic nitrogens is 1. The lowest BCUT2D eigenvalue weighted by atomic mass is 10.6. The minimum absolute atomic E-state index is 0.249. The molecule has 0 atom stereocenters. The molecule has 0 amide bonds. The Morgan fingerprint density at radius 1 is 1.68 bits per heavy atom. The van der Waals surface area contributed by atoms with E-state index in [4.69, 9.17) is 6.42 Å². The Hall–Kier alpha value is -1.72. The van der Waals surface area contributed by atoms with Crippen molar-refractivity contribution in [3.8, 4) is 12.3 Å². The first-order valence-corrected chi connectivity index (χ1v) is 7.48. The summed E-state index contributed by atoms with van der Waals surface area (Å²) < 4.78 is 0. The summed E-state index contributed by atoms with van der Waals surface area (Å²) in [6.07, 6.45) is 7.75. The molecule has 0 saturated heterocycles. The maximum absolute atomic E-state index is 10.4. The minimum atomic E-state index is -0.519. The number of terminal acetylenes is 1. The average Bonchev–Trinajstić information content (AvgIpc) is 2.87. The van der Waals surface area contributed by atoms with Gasteiger partial charge in [0.05, 0.1) is 11.5 Å². The smallest absolute Gasteiger partial charge is 0.274 e. The van der Waals surface area contributed by atoms with Crippen molar-refractivity contribution in [2.45, 2.75) is 5.75 Å². The van der Waals surface area contributed by atoms with Gasteiger partial charge in [0.1, 0.15) is 5.01 Å². The molecular formula is C11H14N4O2S2. The van der Waals surface area contributed by atoms with Crippen LogP contribution < -0.4 is 10.6 Å². The molecule has 8 heteroatoms. The minimum Gasteiger partial charge on any atom is -0.366 e. The molecule has 0 spiro atoms. The summed E-state index contributed by atoms with van der Waals surface area (Å²) in [5.74, 6) is 4.37. The Morgan fingerprint density at radius 3 is 3.16 bits per heavy atom. The predicted molar refractivity (Wildman–Crippen MR) is 78.2 cm³/mol. The SMILES string of the molecule is C#CCN/C(=C/[N+](=O)[O-])NCCSCc1nccs1. The molecule has 2 N–H and O–H groups in total. The Kier molecular flexibility index (Phi) is 7.46. The van der Waals surface area contributed by atoms with Crippen molar-refractivity contribution in [2.75, 3.05) is 18.8 Å². The normalized spacial score (nSPS) is 10.8. The van der Waals surface area contributed by atoms with Crippen LogP contribution in [0, 0.1) is 22.5 Å². The fourth-order valence-electron chi connectivity index (χ4n) is 1.15. The van der Waals surface area contributed by atoms with Crippen molar-refractivity contribution < 1.29 is 4.92 Å². The number of thiazole rings is 1. The van der Waals surface area contributed by atoms with Gasteiger partial charge in [-0.1, -0.05) is 5.92 Å². The van der Waals surface area contributed by atoms with Crippen molar-refractivity contribution in [1.82, 2.24) is 15.6 Å². The van der Waals surface area contributed by atoms with Gasteiger partial charge in [0, 0.05) is 29.6 Å². The first-order chi connectivity index (χ1) is 9.22. The van der Waals surface area contributed by atoms with E-state index < -0.39 is 4.92 Å². The molecule has 0 fully saturated rings. The maximum Gasteiger partial charge on any atom is 0.274 e. The van der Waals surface area contributed by atoms with Crippen molar-refractivity contribution >= 4 is 23.1 Å². The van der Waals surface area contributed by atoms with Crippen LogP contribution in [-0.2, 0) is 5.75 Å². The van der Waals surface area contributed by atoms with Gasteiger partial charge in [0.15, 0.2) is 5.82 Å². The average molecular weight is 298 g/mol. The molecular weight excluding hydrogens is 284 g/mol. The van der Waals surface area contributed by atoms with Crippen LogP contribution in [-0.4, -0.2) is 28.7 Å². The lowest BCUT2D eigenvalue weighted by molar-refractivity contribution is -0.404. The Labute approximate surface area is 119 Å². The van der Waals surface area contributed by atoms with Gasteiger partial charge in [-0.3, -0.25) is 10.1 Å². The van der Waals surface area contributed by atoms with Crippen LogP contribution in [0.1, 0.15) is 5.01 Å². The first-order valence-electron chi connectivity index (χ1n) is 5.45. The molecule has 0 saturated carbocycles. The zero-order valence-corrected chi connectivity index (χ0v) is 11.8. The number of hydrogen-bond donors (Lipinski definition) is 2. The predicted octanol–water partition coefficient (Wildman–Crippen LogP) is 1.26. The van der Waals surface area contributed by atoms with Crippen LogP contribution in [0.15, 0.2) is 23.6 Å². The molecule has 6 nitrogen and oxygen atoms in total. The van der Waals surface area contributed by atoms with Crippen molar-refractivity contribution in [1.29, 1.82) is 0 Å². The fraction of sp³-hybridized carbons (Fsp3) is 0.364. The van der Waals surface area contributed by atoms with Gasteiger partial charge in [0.2, 0.25) is 0 Å². The second-order valence-corrected chi connectivity index (χ2v) is 5.38. The quantitative estimate of drug-likeness (QED) is 0.309. The Balaban J connectivity index is 2.20. The van der Waals surface area contributed by atoms with E-state index in [1.807, 2.05) is 5.38 Å². The molecule has 0 aromatic carbocycles. The van der Waals surface area contributed by atoms with Gasteiger partial charge in [-0.05, 0) is 0 Å². The van der Waals surface area contributed by atoms with Crippen molar-refractivity contribution in [3.05, 3.63) is 38.7 Å². The topological polar surface area (TPSA) is 80.1 Å². The maximum atomic E-state index is 10.4. The van der Waals surface area contributed by atoms with Crippen LogP contribution in [0.3, 0.4) is 0 Å². The summed E-state index contributed by atoms with van der Waals surface area (Å²) in [5, 5.41) is 19.1. The summed E-state index contributed by atoms with van der Waals surface area (Å²) in [4.78, 5) is 14.1. The van der Waals surface area contributed by atoms with Gasteiger partial charge in [-0.25, -0.2) is 4.98 Å². The summed E-state index contributed by atoms with van der Waals surface area (Å²) in [6.45, 7) is 0.867. The van der Waals surface area contributed by atoms with Gasteiger partial charge in [-0.2, -0.15) is 11.8 Å². The van der Waals surface area contributed by atoms with E-state index in [9.17, 15) is 10.1 Å². The number of nitro groups is 1. The third-order valence-electron chi connectivity index (χ3n) is 1.89. The van der Waals surface area contributed by atoms with E-state index >= 15 is 0 Å². The number of rotatable bonds is 9. The van der Waals surface area contributed by atoms with Crippen LogP contribution >= 0.6 is 23.1 Å².